The van der Waals surface area contributed by atoms with Gasteiger partial charge in [-0.15, -0.1) is 17.9 Å². The minimum Gasteiger partial charge on any atom is -0.351 e. The highest BCUT2D eigenvalue weighted by Gasteiger charge is 2.13. The molecule has 0 aliphatic rings. The summed E-state index contributed by atoms with van der Waals surface area (Å²) in [5.41, 5.74) is 0.0419. The first-order valence-electron chi connectivity index (χ1n) is 8.24. The van der Waals surface area contributed by atoms with Crippen molar-refractivity contribution in [1.29, 1.82) is 0 Å². The van der Waals surface area contributed by atoms with Gasteiger partial charge in [0.1, 0.15) is 0 Å². The zero-order valence-corrected chi connectivity index (χ0v) is 15.0. The number of carbonyl (C=O) groups excluding carboxylic acids is 1. The Bertz CT molecular complexity index is 1050. The predicted molar refractivity (Wildman–Crippen MR) is 103 cm³/mol. The van der Waals surface area contributed by atoms with Crippen molar-refractivity contribution in [3.8, 4) is 0 Å². The molecule has 2 aromatic heterocycles. The molecule has 6 nitrogen and oxygen atoms in total. The molecule has 0 saturated carbocycles. The van der Waals surface area contributed by atoms with Crippen LogP contribution in [0.4, 0.5) is 0 Å². The smallest absolute Gasteiger partial charge is 0.317 e. The van der Waals surface area contributed by atoms with E-state index in [0.717, 1.165) is 4.88 Å². The number of para-hydroxylation sites is 2. The third-order valence-electron chi connectivity index (χ3n) is 4.05. The van der Waals surface area contributed by atoms with Gasteiger partial charge in [-0.3, -0.25) is 19.0 Å². The summed E-state index contributed by atoms with van der Waals surface area (Å²) in [6.07, 6.45) is 1.70. The van der Waals surface area contributed by atoms with Crippen molar-refractivity contribution in [3.63, 3.8) is 0 Å². The molecule has 1 aromatic carbocycles. The van der Waals surface area contributed by atoms with E-state index in [1.165, 1.54) is 9.13 Å². The fourth-order valence-corrected chi connectivity index (χ4v) is 3.45. The first-order chi connectivity index (χ1) is 12.6. The van der Waals surface area contributed by atoms with Gasteiger partial charge >= 0.3 is 11.1 Å². The number of nitrogens with one attached hydrogen (secondary N) is 1. The summed E-state index contributed by atoms with van der Waals surface area (Å²) in [4.78, 5) is 38.1. The van der Waals surface area contributed by atoms with Crippen LogP contribution in [0.3, 0.4) is 0 Å². The molecule has 0 bridgehead atoms. The van der Waals surface area contributed by atoms with Crippen LogP contribution in [0.2, 0.25) is 0 Å². The molecular formula is C19H19N3O3S. The Kier molecular flexibility index (Phi) is 5.48. The number of hydrogen-bond acceptors (Lipinski definition) is 4. The van der Waals surface area contributed by atoms with Crippen LogP contribution < -0.4 is 16.4 Å². The highest BCUT2D eigenvalue weighted by molar-refractivity contribution is 7.09. The maximum Gasteiger partial charge on any atom is 0.317 e. The summed E-state index contributed by atoms with van der Waals surface area (Å²) in [6.45, 7) is 4.51. The van der Waals surface area contributed by atoms with E-state index in [1.54, 1.807) is 35.6 Å². The van der Waals surface area contributed by atoms with E-state index in [2.05, 4.69) is 11.9 Å². The Morgan fingerprint density at radius 2 is 1.77 bits per heavy atom. The Hall–Kier alpha value is -2.93. The summed E-state index contributed by atoms with van der Waals surface area (Å²) < 4.78 is 2.78. The van der Waals surface area contributed by atoms with Crippen LogP contribution in [-0.2, 0) is 24.4 Å². The second kappa shape index (κ2) is 7.97. The third-order valence-corrected chi connectivity index (χ3v) is 4.93. The van der Waals surface area contributed by atoms with E-state index >= 15 is 0 Å². The minimum atomic E-state index is -0.628. The second-order valence-corrected chi connectivity index (χ2v) is 6.79. The largest absolute Gasteiger partial charge is 0.351 e. The molecule has 2 heterocycles. The maximum atomic E-state index is 12.5. The van der Waals surface area contributed by atoms with Crippen LogP contribution in [-0.4, -0.2) is 15.0 Å². The van der Waals surface area contributed by atoms with Gasteiger partial charge in [0.15, 0.2) is 0 Å². The van der Waals surface area contributed by atoms with Crippen molar-refractivity contribution in [2.45, 2.75) is 26.1 Å². The average molecular weight is 369 g/mol. The van der Waals surface area contributed by atoms with Crippen LogP contribution in [0, 0.1) is 0 Å². The number of fused-ring (bicyclic) bond motifs is 1. The van der Waals surface area contributed by atoms with Crippen molar-refractivity contribution < 1.29 is 4.79 Å². The molecule has 0 fully saturated rings. The monoisotopic (exact) mass is 369 g/mol. The number of allylic oxidation sites excluding steroid dienone is 1. The average Bonchev–Trinajstić information content (AvgIpc) is 3.17. The van der Waals surface area contributed by atoms with Crippen LogP contribution in [0.25, 0.3) is 11.0 Å². The molecule has 0 radical (unpaired) electrons. The molecule has 134 valence electrons. The highest BCUT2D eigenvalue weighted by Crippen LogP contribution is 2.11. The lowest BCUT2D eigenvalue weighted by Crippen LogP contribution is -2.42. The van der Waals surface area contributed by atoms with Gasteiger partial charge in [-0.2, -0.15) is 0 Å². The maximum absolute atomic E-state index is 12.5. The lowest BCUT2D eigenvalue weighted by Gasteiger charge is -2.14. The quantitative estimate of drug-likeness (QED) is 0.512. The van der Waals surface area contributed by atoms with Gasteiger partial charge in [-0.05, 0) is 23.6 Å². The number of aryl methyl sites for hydroxylation is 1. The fourth-order valence-electron chi connectivity index (χ4n) is 2.80. The molecule has 0 unspecified atom stereocenters. The number of amides is 1. The molecule has 3 rings (SSSR count). The number of benzene rings is 1. The zero-order chi connectivity index (χ0) is 18.5. The molecule has 0 atom stereocenters. The first-order valence-corrected chi connectivity index (χ1v) is 9.12. The number of carbonyl (C=O) groups is 1. The van der Waals surface area contributed by atoms with Crippen LogP contribution in [0.1, 0.15) is 11.3 Å². The molecule has 0 spiro atoms. The highest BCUT2D eigenvalue weighted by atomic mass is 32.1. The molecule has 1 amide bonds. The number of rotatable bonds is 7. The molecule has 0 aliphatic heterocycles. The first kappa shape index (κ1) is 17.9. The van der Waals surface area contributed by atoms with Gasteiger partial charge in [-0.1, -0.05) is 24.3 Å². The van der Waals surface area contributed by atoms with E-state index in [9.17, 15) is 14.4 Å². The minimum absolute atomic E-state index is 0.125. The summed E-state index contributed by atoms with van der Waals surface area (Å²) >= 11 is 1.57. The standard InChI is InChI=1S/C19H19N3O3S/c1-2-10-21-15-7-3-4-8-16(15)22(19(25)18(21)24)11-9-17(23)20-13-14-6-5-12-26-14/h2-8,12H,1,9-11,13H2,(H,20,23). The summed E-state index contributed by atoms with van der Waals surface area (Å²) in [5, 5.41) is 4.78. The summed E-state index contributed by atoms with van der Waals surface area (Å²) in [6, 6.07) is 11.0. The number of nitrogens with zero attached hydrogens (tertiary/aromatic N) is 2. The zero-order valence-electron chi connectivity index (χ0n) is 14.2. The molecule has 3 aromatic rings. The van der Waals surface area contributed by atoms with E-state index in [4.69, 9.17) is 0 Å². The fraction of sp³-hybridized carbons (Fsp3) is 0.211. The van der Waals surface area contributed by atoms with Crippen molar-refractivity contribution in [2.24, 2.45) is 0 Å². The van der Waals surface area contributed by atoms with E-state index in [0.29, 0.717) is 17.6 Å². The van der Waals surface area contributed by atoms with Gasteiger partial charge in [0.25, 0.3) is 0 Å². The van der Waals surface area contributed by atoms with Crippen LogP contribution >= 0.6 is 11.3 Å². The topological polar surface area (TPSA) is 73.1 Å². The van der Waals surface area contributed by atoms with Gasteiger partial charge in [0.05, 0.1) is 17.6 Å². The molecule has 0 saturated heterocycles. The van der Waals surface area contributed by atoms with E-state index in [1.807, 2.05) is 23.6 Å². The van der Waals surface area contributed by atoms with Crippen molar-refractivity contribution >= 4 is 28.3 Å². The molecule has 0 aliphatic carbocycles. The Labute approximate surface area is 154 Å². The Morgan fingerprint density at radius 3 is 2.42 bits per heavy atom. The van der Waals surface area contributed by atoms with E-state index < -0.39 is 11.1 Å². The van der Waals surface area contributed by atoms with E-state index in [-0.39, 0.29) is 25.4 Å². The SMILES string of the molecule is C=CCn1c(=O)c(=O)n(CCC(=O)NCc2cccs2)c2ccccc21. The number of thiophene rings is 1. The summed E-state index contributed by atoms with van der Waals surface area (Å²) in [5.74, 6) is -0.162. The third kappa shape index (κ3) is 3.67. The predicted octanol–water partition coefficient (Wildman–Crippen LogP) is 2.12. The second-order valence-electron chi connectivity index (χ2n) is 5.76. The lowest BCUT2D eigenvalue weighted by molar-refractivity contribution is -0.121. The number of hydrogen-bond donors (Lipinski definition) is 1. The summed E-state index contributed by atoms with van der Waals surface area (Å²) in [7, 11) is 0. The van der Waals surface area contributed by atoms with Crippen molar-refractivity contribution in [3.05, 3.63) is 80.0 Å². The molecule has 26 heavy (non-hydrogen) atoms. The number of aromatic nitrogens is 2. The Morgan fingerprint density at radius 1 is 1.08 bits per heavy atom. The van der Waals surface area contributed by atoms with Gasteiger partial charge in [0, 0.05) is 24.4 Å². The molecular weight excluding hydrogens is 350 g/mol. The normalized spacial score (nSPS) is 10.8. The van der Waals surface area contributed by atoms with Crippen molar-refractivity contribution in [1.82, 2.24) is 14.5 Å². The molecule has 1 N–H and O–H groups in total. The molecule has 7 heteroatoms. The Balaban J connectivity index is 1.83. The van der Waals surface area contributed by atoms with Gasteiger partial charge in [-0.25, -0.2) is 0 Å². The lowest BCUT2D eigenvalue weighted by atomic mass is 10.2. The van der Waals surface area contributed by atoms with Gasteiger partial charge < -0.3 is 9.88 Å². The van der Waals surface area contributed by atoms with Crippen molar-refractivity contribution in [2.75, 3.05) is 0 Å². The van der Waals surface area contributed by atoms with Crippen LogP contribution in [0.5, 0.6) is 0 Å². The van der Waals surface area contributed by atoms with Crippen LogP contribution in [0.15, 0.2) is 64.0 Å². The van der Waals surface area contributed by atoms with Gasteiger partial charge in [0.2, 0.25) is 5.91 Å².